The van der Waals surface area contributed by atoms with Gasteiger partial charge in [0.1, 0.15) is 0 Å². The molecule has 16 heavy (non-hydrogen) atoms. The van der Waals surface area contributed by atoms with Crippen LogP contribution in [0.5, 0.6) is 0 Å². The summed E-state index contributed by atoms with van der Waals surface area (Å²) in [5.41, 5.74) is 3.21. The van der Waals surface area contributed by atoms with Gasteiger partial charge in [-0.25, -0.2) is 5.84 Å². The first-order valence-corrected chi connectivity index (χ1v) is 4.80. The highest BCUT2D eigenvalue weighted by Crippen LogP contribution is 2.01. The minimum Gasteiger partial charge on any atom is -0.382 e. The predicted molar refractivity (Wildman–Crippen MR) is 57.4 cm³/mol. The first kappa shape index (κ1) is 12.6. The number of rotatable bonds is 6. The Morgan fingerprint density at radius 3 is 2.88 bits per heavy atom. The lowest BCUT2D eigenvalue weighted by Gasteiger charge is -2.04. The Labute approximate surface area is 93.7 Å². The Hall–Kier alpha value is -1.50. The fourth-order valence-electron chi connectivity index (χ4n) is 1.05. The van der Waals surface area contributed by atoms with Crippen molar-refractivity contribution in [2.24, 2.45) is 5.84 Å². The molecule has 88 valence electrons. The van der Waals surface area contributed by atoms with Crippen LogP contribution in [0.3, 0.4) is 0 Å². The standard InChI is InChI=1S/C10H15N3O3/c1-15-4-5-16-7-9-3-2-8(6-12-9)10(14)13-11/h2-3,6H,4-5,7,11H2,1H3,(H,13,14). The van der Waals surface area contributed by atoms with E-state index in [-0.39, 0.29) is 5.91 Å². The minimum atomic E-state index is -0.362. The normalized spacial score (nSPS) is 10.1. The van der Waals surface area contributed by atoms with Crippen LogP contribution in [0.15, 0.2) is 18.3 Å². The van der Waals surface area contributed by atoms with Crippen LogP contribution in [-0.2, 0) is 16.1 Å². The highest BCUT2D eigenvalue weighted by Gasteiger charge is 2.03. The largest absolute Gasteiger partial charge is 0.382 e. The number of hydrogen-bond donors (Lipinski definition) is 2. The van der Waals surface area contributed by atoms with Gasteiger partial charge in [-0.2, -0.15) is 0 Å². The Balaban J connectivity index is 2.42. The van der Waals surface area contributed by atoms with Crippen molar-refractivity contribution < 1.29 is 14.3 Å². The third-order valence-corrected chi connectivity index (χ3v) is 1.90. The number of pyridine rings is 1. The highest BCUT2D eigenvalue weighted by molar-refractivity contribution is 5.93. The molecular weight excluding hydrogens is 210 g/mol. The second-order valence-corrected chi connectivity index (χ2v) is 3.06. The predicted octanol–water partition coefficient (Wildman–Crippen LogP) is -0.152. The molecule has 0 saturated heterocycles. The van der Waals surface area contributed by atoms with Crippen molar-refractivity contribution >= 4 is 5.91 Å². The molecule has 1 aromatic heterocycles. The summed E-state index contributed by atoms with van der Waals surface area (Å²) in [6, 6.07) is 3.36. The van der Waals surface area contributed by atoms with Gasteiger partial charge in [0.05, 0.1) is 31.1 Å². The Morgan fingerprint density at radius 1 is 1.50 bits per heavy atom. The first-order chi connectivity index (χ1) is 7.77. The molecule has 0 saturated carbocycles. The van der Waals surface area contributed by atoms with E-state index in [0.717, 1.165) is 5.69 Å². The SMILES string of the molecule is COCCOCc1ccc(C(=O)NN)cn1. The van der Waals surface area contributed by atoms with Crippen molar-refractivity contribution in [3.05, 3.63) is 29.6 Å². The average Bonchev–Trinajstić information content (AvgIpc) is 2.34. The molecule has 1 rings (SSSR count). The number of nitrogens with one attached hydrogen (secondary N) is 1. The summed E-state index contributed by atoms with van der Waals surface area (Å²) >= 11 is 0. The number of carbonyl (C=O) groups is 1. The van der Waals surface area contributed by atoms with Crippen LogP contribution in [0, 0.1) is 0 Å². The Morgan fingerprint density at radius 2 is 2.31 bits per heavy atom. The zero-order chi connectivity index (χ0) is 11.8. The van der Waals surface area contributed by atoms with E-state index >= 15 is 0 Å². The van der Waals surface area contributed by atoms with Gasteiger partial charge in [0.25, 0.3) is 5.91 Å². The van der Waals surface area contributed by atoms with E-state index in [9.17, 15) is 4.79 Å². The number of nitrogens with two attached hydrogens (primary N) is 1. The smallest absolute Gasteiger partial charge is 0.266 e. The van der Waals surface area contributed by atoms with E-state index < -0.39 is 0 Å². The number of hydrogen-bond acceptors (Lipinski definition) is 5. The van der Waals surface area contributed by atoms with Gasteiger partial charge in [-0.15, -0.1) is 0 Å². The molecule has 0 fully saturated rings. The molecule has 0 unspecified atom stereocenters. The van der Waals surface area contributed by atoms with Gasteiger partial charge in [0, 0.05) is 13.3 Å². The van der Waals surface area contributed by atoms with Gasteiger partial charge in [0.15, 0.2) is 0 Å². The molecule has 6 nitrogen and oxygen atoms in total. The number of hydrazine groups is 1. The van der Waals surface area contributed by atoms with Gasteiger partial charge in [-0.05, 0) is 12.1 Å². The summed E-state index contributed by atoms with van der Waals surface area (Å²) in [5.74, 6) is 4.63. The summed E-state index contributed by atoms with van der Waals surface area (Å²) in [7, 11) is 1.61. The topological polar surface area (TPSA) is 86.5 Å². The van der Waals surface area contributed by atoms with E-state index in [1.165, 1.54) is 6.20 Å². The number of amides is 1. The zero-order valence-electron chi connectivity index (χ0n) is 9.10. The van der Waals surface area contributed by atoms with Crippen molar-refractivity contribution in [2.75, 3.05) is 20.3 Å². The first-order valence-electron chi connectivity index (χ1n) is 4.80. The van der Waals surface area contributed by atoms with E-state index in [1.807, 2.05) is 5.43 Å². The van der Waals surface area contributed by atoms with Gasteiger partial charge in [-0.1, -0.05) is 0 Å². The van der Waals surface area contributed by atoms with E-state index in [2.05, 4.69) is 4.98 Å². The molecule has 1 aromatic rings. The molecule has 0 aliphatic heterocycles. The van der Waals surface area contributed by atoms with Gasteiger partial charge in [-0.3, -0.25) is 15.2 Å². The molecule has 0 spiro atoms. The summed E-state index contributed by atoms with van der Waals surface area (Å²) in [5, 5.41) is 0. The van der Waals surface area contributed by atoms with Crippen molar-refractivity contribution in [3.63, 3.8) is 0 Å². The van der Waals surface area contributed by atoms with Crippen LogP contribution in [0.4, 0.5) is 0 Å². The fraction of sp³-hybridized carbons (Fsp3) is 0.400. The molecule has 0 aliphatic rings. The number of nitrogen functional groups attached to an aromatic ring is 1. The number of nitrogens with zero attached hydrogens (tertiary/aromatic N) is 1. The van der Waals surface area contributed by atoms with Gasteiger partial charge >= 0.3 is 0 Å². The van der Waals surface area contributed by atoms with Crippen LogP contribution < -0.4 is 11.3 Å². The molecule has 0 atom stereocenters. The lowest BCUT2D eigenvalue weighted by atomic mass is 10.2. The number of aromatic nitrogens is 1. The van der Waals surface area contributed by atoms with Crippen LogP contribution in [0.2, 0.25) is 0 Å². The average molecular weight is 225 g/mol. The van der Waals surface area contributed by atoms with Crippen molar-refractivity contribution in [1.29, 1.82) is 0 Å². The fourth-order valence-corrected chi connectivity index (χ4v) is 1.05. The van der Waals surface area contributed by atoms with Crippen molar-refractivity contribution in [1.82, 2.24) is 10.4 Å². The molecule has 0 aromatic carbocycles. The molecule has 0 aliphatic carbocycles. The van der Waals surface area contributed by atoms with Gasteiger partial charge in [0.2, 0.25) is 0 Å². The molecule has 1 heterocycles. The van der Waals surface area contributed by atoms with E-state index in [4.69, 9.17) is 15.3 Å². The third-order valence-electron chi connectivity index (χ3n) is 1.90. The van der Waals surface area contributed by atoms with Gasteiger partial charge < -0.3 is 9.47 Å². The minimum absolute atomic E-state index is 0.362. The van der Waals surface area contributed by atoms with Crippen LogP contribution >= 0.6 is 0 Å². The number of ether oxygens (including phenoxy) is 2. The van der Waals surface area contributed by atoms with Crippen molar-refractivity contribution in [2.45, 2.75) is 6.61 Å². The lowest BCUT2D eigenvalue weighted by Crippen LogP contribution is -2.30. The molecule has 1 amide bonds. The molecule has 6 heteroatoms. The second kappa shape index (κ2) is 6.89. The monoisotopic (exact) mass is 225 g/mol. The van der Waals surface area contributed by atoms with Crippen LogP contribution in [0.25, 0.3) is 0 Å². The summed E-state index contributed by atoms with van der Waals surface area (Å²) in [4.78, 5) is 15.2. The number of methoxy groups -OCH3 is 1. The maximum Gasteiger partial charge on any atom is 0.266 e. The molecular formula is C10H15N3O3. The van der Waals surface area contributed by atoms with E-state index in [0.29, 0.717) is 25.4 Å². The summed E-state index contributed by atoms with van der Waals surface area (Å²) in [6.45, 7) is 1.46. The lowest BCUT2D eigenvalue weighted by molar-refractivity contribution is 0.0602. The highest BCUT2D eigenvalue weighted by atomic mass is 16.5. The summed E-state index contributed by atoms with van der Waals surface area (Å²) < 4.78 is 10.1. The Kier molecular flexibility index (Phi) is 5.41. The van der Waals surface area contributed by atoms with Crippen LogP contribution in [-0.4, -0.2) is 31.2 Å². The molecule has 0 radical (unpaired) electrons. The molecule has 0 bridgehead atoms. The van der Waals surface area contributed by atoms with Crippen LogP contribution in [0.1, 0.15) is 16.1 Å². The number of carbonyl (C=O) groups excluding carboxylic acids is 1. The second-order valence-electron chi connectivity index (χ2n) is 3.06. The van der Waals surface area contributed by atoms with Crippen molar-refractivity contribution in [3.8, 4) is 0 Å². The molecule has 3 N–H and O–H groups in total. The third kappa shape index (κ3) is 3.93. The van der Waals surface area contributed by atoms with E-state index in [1.54, 1.807) is 19.2 Å². The summed E-state index contributed by atoms with van der Waals surface area (Å²) in [6.07, 6.45) is 1.46. The Bertz CT molecular complexity index is 327. The maximum absolute atomic E-state index is 11.1. The zero-order valence-corrected chi connectivity index (χ0v) is 9.10. The maximum atomic E-state index is 11.1. The quantitative estimate of drug-likeness (QED) is 0.304.